The van der Waals surface area contributed by atoms with Crippen LogP contribution in [0.2, 0.25) is 0 Å². The topological polar surface area (TPSA) is 33.0 Å². The van der Waals surface area contributed by atoms with Crippen molar-refractivity contribution < 1.29 is 4.74 Å². The molecule has 3 rings (SSSR count). The lowest BCUT2D eigenvalue weighted by Crippen LogP contribution is -1.97. The summed E-state index contributed by atoms with van der Waals surface area (Å²) in [7, 11) is 1.70. The average Bonchev–Trinajstić information content (AvgIpc) is 2.66. The normalized spacial score (nSPS) is 11.6. The first-order chi connectivity index (χ1) is 12.5. The number of hydrogen-bond donors (Lipinski definition) is 0. The van der Waals surface area contributed by atoms with Gasteiger partial charge in [-0.25, -0.2) is 0 Å². The number of nitrogens with zero attached hydrogens (tertiary/aromatic N) is 1. The summed E-state index contributed by atoms with van der Waals surface area (Å²) >= 11 is 0. The molecule has 0 amide bonds. The van der Waals surface area contributed by atoms with Gasteiger partial charge in [-0.05, 0) is 70.1 Å². The monoisotopic (exact) mass is 341 g/mol. The molecule has 0 aliphatic heterocycles. The third kappa shape index (κ3) is 3.48. The number of benzene rings is 3. The summed E-state index contributed by atoms with van der Waals surface area (Å²) in [5, 5.41) is 12.1. The molecule has 2 nitrogen and oxygen atoms in total. The van der Waals surface area contributed by atoms with Gasteiger partial charge in [-0.3, -0.25) is 0 Å². The highest BCUT2D eigenvalue weighted by molar-refractivity contribution is 5.94. The van der Waals surface area contributed by atoms with Crippen molar-refractivity contribution in [1.82, 2.24) is 0 Å². The van der Waals surface area contributed by atoms with Crippen LogP contribution < -0.4 is 4.74 Å². The molecule has 2 heteroatoms. The van der Waals surface area contributed by atoms with Gasteiger partial charge in [0.25, 0.3) is 0 Å². The van der Waals surface area contributed by atoms with E-state index in [9.17, 15) is 5.26 Å². The van der Waals surface area contributed by atoms with E-state index in [4.69, 9.17) is 4.74 Å². The molecule has 0 aliphatic carbocycles. The fourth-order valence-electron chi connectivity index (χ4n) is 3.19. The van der Waals surface area contributed by atoms with Gasteiger partial charge in [0.1, 0.15) is 5.75 Å². The number of ether oxygens (including phenoxy) is 1. The fraction of sp³-hybridized carbons (Fsp3) is 0.208. The summed E-state index contributed by atoms with van der Waals surface area (Å²) < 4.78 is 5.52. The Hall–Kier alpha value is -3.05. The Bertz CT molecular complexity index is 1020. The summed E-state index contributed by atoms with van der Waals surface area (Å²) in [4.78, 5) is 0. The minimum Gasteiger partial charge on any atom is -0.496 e. The van der Waals surface area contributed by atoms with Crippen molar-refractivity contribution in [2.45, 2.75) is 26.7 Å². The molecule has 0 radical (unpaired) electrons. The third-order valence-corrected chi connectivity index (χ3v) is 4.72. The van der Waals surface area contributed by atoms with E-state index < -0.39 is 0 Å². The molecule has 0 aliphatic rings. The van der Waals surface area contributed by atoms with E-state index in [1.807, 2.05) is 31.2 Å². The Morgan fingerprint density at radius 2 is 1.77 bits per heavy atom. The Balaban J connectivity index is 2.11. The summed E-state index contributed by atoms with van der Waals surface area (Å²) in [6, 6.07) is 20.9. The first-order valence-electron chi connectivity index (χ1n) is 8.83. The van der Waals surface area contributed by atoms with Crippen LogP contribution in [0, 0.1) is 18.3 Å². The number of hydrogen-bond acceptors (Lipinski definition) is 2. The number of rotatable bonds is 4. The zero-order valence-corrected chi connectivity index (χ0v) is 15.7. The van der Waals surface area contributed by atoms with Gasteiger partial charge in [-0.15, -0.1) is 0 Å². The van der Waals surface area contributed by atoms with Crippen LogP contribution in [0.15, 0.2) is 54.6 Å². The third-order valence-electron chi connectivity index (χ3n) is 4.72. The van der Waals surface area contributed by atoms with Crippen LogP contribution in [0.25, 0.3) is 22.4 Å². The molecule has 26 heavy (non-hydrogen) atoms. The van der Waals surface area contributed by atoms with E-state index in [1.54, 1.807) is 7.11 Å². The van der Waals surface area contributed by atoms with Gasteiger partial charge >= 0.3 is 0 Å². The second-order valence-corrected chi connectivity index (χ2v) is 6.84. The molecular formula is C24H23NO. The number of allylic oxidation sites excluding steroid dienone is 1. The minimum absolute atomic E-state index is 0.351. The van der Waals surface area contributed by atoms with E-state index in [0.29, 0.717) is 11.5 Å². The van der Waals surface area contributed by atoms with Crippen molar-refractivity contribution in [2.75, 3.05) is 7.11 Å². The minimum atomic E-state index is 0.351. The van der Waals surface area contributed by atoms with Crippen LogP contribution in [0.3, 0.4) is 0 Å². The van der Waals surface area contributed by atoms with Gasteiger partial charge in [-0.2, -0.15) is 5.26 Å². The molecular weight excluding hydrogens is 318 g/mol. The quantitative estimate of drug-likeness (QED) is 0.409. The van der Waals surface area contributed by atoms with Crippen LogP contribution in [0.4, 0.5) is 0 Å². The van der Waals surface area contributed by atoms with Crippen molar-refractivity contribution in [3.63, 3.8) is 0 Å². The number of aryl methyl sites for hydroxylation is 1. The summed E-state index contributed by atoms with van der Waals surface area (Å²) in [6.45, 7) is 6.35. The molecule has 0 saturated carbocycles. The zero-order chi connectivity index (χ0) is 18.7. The van der Waals surface area contributed by atoms with Gasteiger partial charge in [0, 0.05) is 0 Å². The van der Waals surface area contributed by atoms with E-state index in [1.165, 1.54) is 5.39 Å². The molecule has 0 heterocycles. The highest BCUT2D eigenvalue weighted by Crippen LogP contribution is 2.31. The van der Waals surface area contributed by atoms with Crippen LogP contribution in [0.1, 0.15) is 42.0 Å². The summed E-state index contributed by atoms with van der Waals surface area (Å²) in [6.07, 6.45) is 1.98. The number of methoxy groups -OCH3 is 1. The summed E-state index contributed by atoms with van der Waals surface area (Å²) in [5.41, 5.74) is 4.91. The SMILES string of the molecule is COc1cc(C)c(/C=C(/C#N)c2ccc3ccccc3c2)cc1C(C)C. The molecule has 0 aromatic heterocycles. The van der Waals surface area contributed by atoms with Gasteiger partial charge in [0.15, 0.2) is 0 Å². The maximum Gasteiger partial charge on any atom is 0.122 e. The molecule has 0 unspecified atom stereocenters. The van der Waals surface area contributed by atoms with E-state index in [-0.39, 0.29) is 0 Å². The van der Waals surface area contributed by atoms with Crippen molar-refractivity contribution in [3.8, 4) is 11.8 Å². The lowest BCUT2D eigenvalue weighted by Gasteiger charge is -2.15. The van der Waals surface area contributed by atoms with Crippen LogP contribution in [-0.2, 0) is 0 Å². The van der Waals surface area contributed by atoms with Crippen LogP contribution in [-0.4, -0.2) is 7.11 Å². The highest BCUT2D eigenvalue weighted by Gasteiger charge is 2.11. The first-order valence-corrected chi connectivity index (χ1v) is 8.83. The van der Waals surface area contributed by atoms with Crippen molar-refractivity contribution in [2.24, 2.45) is 0 Å². The lowest BCUT2D eigenvalue weighted by atomic mass is 9.94. The van der Waals surface area contributed by atoms with Gasteiger partial charge < -0.3 is 4.74 Å². The largest absolute Gasteiger partial charge is 0.496 e. The number of nitriles is 1. The second kappa shape index (κ2) is 7.45. The molecule has 130 valence electrons. The second-order valence-electron chi connectivity index (χ2n) is 6.84. The Morgan fingerprint density at radius 1 is 1.04 bits per heavy atom. The van der Waals surface area contributed by atoms with Crippen molar-refractivity contribution in [3.05, 3.63) is 76.9 Å². The van der Waals surface area contributed by atoms with Gasteiger partial charge in [-0.1, -0.05) is 50.2 Å². The molecule has 0 bridgehead atoms. The standard InChI is InChI=1S/C24H23NO/c1-16(2)23-14-21(17(3)11-24(23)26-4)13-22(15-25)20-10-9-18-7-5-6-8-19(18)12-20/h5-14,16H,1-4H3/b22-13-. The smallest absolute Gasteiger partial charge is 0.122 e. The maximum absolute atomic E-state index is 9.74. The van der Waals surface area contributed by atoms with E-state index in [2.05, 4.69) is 56.3 Å². The molecule has 0 fully saturated rings. The molecule has 3 aromatic carbocycles. The predicted octanol–water partition coefficient (Wildman–Crippen LogP) is 6.34. The molecule has 0 spiro atoms. The molecule has 0 N–H and O–H groups in total. The fourth-order valence-corrected chi connectivity index (χ4v) is 3.19. The zero-order valence-electron chi connectivity index (χ0n) is 15.7. The molecule has 0 saturated heterocycles. The summed E-state index contributed by atoms with van der Waals surface area (Å²) in [5.74, 6) is 1.25. The Morgan fingerprint density at radius 3 is 2.42 bits per heavy atom. The van der Waals surface area contributed by atoms with E-state index in [0.717, 1.165) is 33.4 Å². The van der Waals surface area contributed by atoms with Crippen LogP contribution in [0.5, 0.6) is 5.75 Å². The molecule has 0 atom stereocenters. The van der Waals surface area contributed by atoms with Crippen LogP contribution >= 0.6 is 0 Å². The van der Waals surface area contributed by atoms with Crippen molar-refractivity contribution in [1.29, 1.82) is 5.26 Å². The molecule has 3 aromatic rings. The average molecular weight is 341 g/mol. The van der Waals surface area contributed by atoms with E-state index >= 15 is 0 Å². The maximum atomic E-state index is 9.74. The highest BCUT2D eigenvalue weighted by atomic mass is 16.5. The Kier molecular flexibility index (Phi) is 5.09. The first kappa shape index (κ1) is 17.8. The Labute approximate surface area is 155 Å². The van der Waals surface area contributed by atoms with Gasteiger partial charge in [0.2, 0.25) is 0 Å². The predicted molar refractivity (Wildman–Crippen MR) is 109 cm³/mol. The number of fused-ring (bicyclic) bond motifs is 1. The lowest BCUT2D eigenvalue weighted by molar-refractivity contribution is 0.407. The van der Waals surface area contributed by atoms with Gasteiger partial charge in [0.05, 0.1) is 18.8 Å². The van der Waals surface area contributed by atoms with Crippen molar-refractivity contribution >= 4 is 22.4 Å².